The zero-order valence-electron chi connectivity index (χ0n) is 10.4. The molecule has 1 heterocycles. The van der Waals surface area contributed by atoms with E-state index in [-0.39, 0.29) is 11.8 Å². The van der Waals surface area contributed by atoms with Crippen molar-refractivity contribution in [1.82, 2.24) is 0 Å². The van der Waals surface area contributed by atoms with E-state index in [0.29, 0.717) is 19.6 Å². The van der Waals surface area contributed by atoms with Crippen LogP contribution in [0.2, 0.25) is 0 Å². The first-order valence-corrected chi connectivity index (χ1v) is 6.22. The SMILES string of the molecule is CCOC(=O)C1(CCCc2cccc(F)c2)CO1. The molecule has 1 aromatic carbocycles. The molecule has 1 aromatic rings. The van der Waals surface area contributed by atoms with Crippen LogP contribution in [0.5, 0.6) is 0 Å². The van der Waals surface area contributed by atoms with Crippen molar-refractivity contribution in [2.45, 2.75) is 31.8 Å². The van der Waals surface area contributed by atoms with Crippen molar-refractivity contribution in [3.05, 3.63) is 35.6 Å². The fourth-order valence-electron chi connectivity index (χ4n) is 1.98. The van der Waals surface area contributed by atoms with Gasteiger partial charge in [-0.05, 0) is 43.9 Å². The molecule has 2 rings (SSSR count). The van der Waals surface area contributed by atoms with Crippen LogP contribution >= 0.6 is 0 Å². The van der Waals surface area contributed by atoms with Gasteiger partial charge in [-0.3, -0.25) is 0 Å². The molecule has 0 amide bonds. The third-order valence-corrected chi connectivity index (χ3v) is 3.08. The Kier molecular flexibility index (Phi) is 3.97. The minimum atomic E-state index is -0.719. The number of carbonyl (C=O) groups excluding carboxylic acids is 1. The fraction of sp³-hybridized carbons (Fsp3) is 0.500. The predicted molar refractivity (Wildman–Crippen MR) is 64.7 cm³/mol. The highest BCUT2D eigenvalue weighted by Gasteiger charge is 2.52. The molecule has 0 aliphatic carbocycles. The molecule has 3 nitrogen and oxygen atoms in total. The Labute approximate surface area is 106 Å². The van der Waals surface area contributed by atoms with Crippen LogP contribution in [0.3, 0.4) is 0 Å². The standard InChI is InChI=1S/C14H17FO3/c1-2-17-13(16)14(10-18-14)8-4-6-11-5-3-7-12(15)9-11/h3,5,7,9H,2,4,6,8,10H2,1H3. The first-order chi connectivity index (χ1) is 8.66. The molecular weight excluding hydrogens is 235 g/mol. The number of epoxide rings is 1. The molecule has 18 heavy (non-hydrogen) atoms. The number of hydrogen-bond acceptors (Lipinski definition) is 3. The molecule has 0 aromatic heterocycles. The van der Waals surface area contributed by atoms with E-state index in [1.165, 1.54) is 12.1 Å². The topological polar surface area (TPSA) is 38.8 Å². The van der Waals surface area contributed by atoms with Gasteiger partial charge < -0.3 is 9.47 Å². The molecule has 1 saturated heterocycles. The van der Waals surface area contributed by atoms with Gasteiger partial charge in [-0.15, -0.1) is 0 Å². The number of rotatable bonds is 6. The smallest absolute Gasteiger partial charge is 0.340 e. The Hall–Kier alpha value is -1.42. The summed E-state index contributed by atoms with van der Waals surface area (Å²) in [5, 5.41) is 0. The molecule has 0 bridgehead atoms. The van der Waals surface area contributed by atoms with Gasteiger partial charge in [-0.1, -0.05) is 12.1 Å². The average molecular weight is 252 g/mol. The van der Waals surface area contributed by atoms with Gasteiger partial charge in [0.15, 0.2) is 5.60 Å². The van der Waals surface area contributed by atoms with E-state index in [1.807, 2.05) is 6.07 Å². The zero-order valence-corrected chi connectivity index (χ0v) is 10.4. The van der Waals surface area contributed by atoms with E-state index in [2.05, 4.69) is 0 Å². The summed E-state index contributed by atoms with van der Waals surface area (Å²) in [5.74, 6) is -0.500. The van der Waals surface area contributed by atoms with Crippen molar-refractivity contribution in [2.75, 3.05) is 13.2 Å². The molecule has 0 N–H and O–H groups in total. The fourth-order valence-corrected chi connectivity index (χ4v) is 1.98. The van der Waals surface area contributed by atoms with E-state index < -0.39 is 5.60 Å². The first-order valence-electron chi connectivity index (χ1n) is 6.22. The summed E-state index contributed by atoms with van der Waals surface area (Å²) in [5.41, 5.74) is 0.221. The maximum absolute atomic E-state index is 13.0. The summed E-state index contributed by atoms with van der Waals surface area (Å²) in [7, 11) is 0. The first kappa shape index (κ1) is 13.0. The molecule has 0 spiro atoms. The lowest BCUT2D eigenvalue weighted by Crippen LogP contribution is -2.27. The molecule has 1 aliphatic heterocycles. The monoisotopic (exact) mass is 252 g/mol. The predicted octanol–water partition coefficient (Wildman–Crippen LogP) is 2.48. The quantitative estimate of drug-likeness (QED) is 0.576. The molecular formula is C14H17FO3. The third-order valence-electron chi connectivity index (χ3n) is 3.08. The van der Waals surface area contributed by atoms with Gasteiger partial charge in [0.2, 0.25) is 0 Å². The van der Waals surface area contributed by atoms with E-state index >= 15 is 0 Å². The van der Waals surface area contributed by atoms with Crippen LogP contribution in [0.15, 0.2) is 24.3 Å². The van der Waals surface area contributed by atoms with Crippen LogP contribution in [-0.2, 0) is 20.7 Å². The van der Waals surface area contributed by atoms with Crippen LogP contribution in [0.1, 0.15) is 25.3 Å². The second-order valence-corrected chi connectivity index (χ2v) is 4.49. The molecule has 0 saturated carbocycles. The molecule has 1 fully saturated rings. The number of aryl methyl sites for hydroxylation is 1. The average Bonchev–Trinajstić information content (AvgIpc) is 3.11. The second kappa shape index (κ2) is 5.48. The van der Waals surface area contributed by atoms with Crippen LogP contribution in [0.4, 0.5) is 4.39 Å². The van der Waals surface area contributed by atoms with Gasteiger partial charge in [-0.25, -0.2) is 9.18 Å². The lowest BCUT2D eigenvalue weighted by molar-refractivity contribution is -0.149. The summed E-state index contributed by atoms with van der Waals surface area (Å²) in [6, 6.07) is 6.52. The summed E-state index contributed by atoms with van der Waals surface area (Å²) in [6.45, 7) is 2.59. The number of carbonyl (C=O) groups is 1. The van der Waals surface area contributed by atoms with Gasteiger partial charge >= 0.3 is 5.97 Å². The lowest BCUT2D eigenvalue weighted by atomic mass is 10.0. The van der Waals surface area contributed by atoms with E-state index in [4.69, 9.17) is 9.47 Å². The highest BCUT2D eigenvalue weighted by molar-refractivity contribution is 5.82. The van der Waals surface area contributed by atoms with Crippen LogP contribution in [0.25, 0.3) is 0 Å². The molecule has 4 heteroatoms. The minimum absolute atomic E-state index is 0.227. The van der Waals surface area contributed by atoms with E-state index in [0.717, 1.165) is 18.4 Å². The van der Waals surface area contributed by atoms with Crippen molar-refractivity contribution in [2.24, 2.45) is 0 Å². The molecule has 1 unspecified atom stereocenters. The van der Waals surface area contributed by atoms with Crippen molar-refractivity contribution >= 4 is 5.97 Å². The van der Waals surface area contributed by atoms with Crippen LogP contribution in [-0.4, -0.2) is 24.8 Å². The van der Waals surface area contributed by atoms with Crippen molar-refractivity contribution in [1.29, 1.82) is 0 Å². The largest absolute Gasteiger partial charge is 0.464 e. The summed E-state index contributed by atoms with van der Waals surface area (Å²) in [6.07, 6.45) is 2.15. The normalized spacial score (nSPS) is 21.7. The zero-order chi connectivity index (χ0) is 13.0. The maximum atomic E-state index is 13.0. The van der Waals surface area contributed by atoms with Crippen LogP contribution in [0, 0.1) is 5.82 Å². The van der Waals surface area contributed by atoms with Crippen LogP contribution < -0.4 is 0 Å². The highest BCUT2D eigenvalue weighted by atomic mass is 19.1. The third kappa shape index (κ3) is 3.07. The maximum Gasteiger partial charge on any atom is 0.340 e. The Morgan fingerprint density at radius 1 is 1.56 bits per heavy atom. The Bertz CT molecular complexity index is 427. The van der Waals surface area contributed by atoms with Crippen molar-refractivity contribution in [3.8, 4) is 0 Å². The second-order valence-electron chi connectivity index (χ2n) is 4.49. The molecule has 98 valence electrons. The Morgan fingerprint density at radius 3 is 2.94 bits per heavy atom. The Balaban J connectivity index is 1.80. The number of hydrogen-bond donors (Lipinski definition) is 0. The van der Waals surface area contributed by atoms with Crippen molar-refractivity contribution in [3.63, 3.8) is 0 Å². The summed E-state index contributed by atoms with van der Waals surface area (Å²) >= 11 is 0. The van der Waals surface area contributed by atoms with Gasteiger partial charge in [0.25, 0.3) is 0 Å². The number of ether oxygens (including phenoxy) is 2. The molecule has 1 aliphatic rings. The lowest BCUT2D eigenvalue weighted by Gasteiger charge is -2.10. The summed E-state index contributed by atoms with van der Waals surface area (Å²) < 4.78 is 23.2. The number of benzene rings is 1. The molecule has 0 radical (unpaired) electrons. The molecule has 1 atom stereocenters. The van der Waals surface area contributed by atoms with Gasteiger partial charge in [-0.2, -0.15) is 0 Å². The highest BCUT2D eigenvalue weighted by Crippen LogP contribution is 2.34. The van der Waals surface area contributed by atoms with E-state index in [9.17, 15) is 9.18 Å². The van der Waals surface area contributed by atoms with Gasteiger partial charge in [0, 0.05) is 0 Å². The van der Waals surface area contributed by atoms with Gasteiger partial charge in [0.05, 0.1) is 13.2 Å². The van der Waals surface area contributed by atoms with E-state index in [1.54, 1.807) is 13.0 Å². The van der Waals surface area contributed by atoms with Gasteiger partial charge in [0.1, 0.15) is 5.82 Å². The number of halogens is 1. The minimum Gasteiger partial charge on any atom is -0.464 e. The summed E-state index contributed by atoms with van der Waals surface area (Å²) in [4.78, 5) is 11.6. The van der Waals surface area contributed by atoms with Crippen molar-refractivity contribution < 1.29 is 18.7 Å². The Morgan fingerprint density at radius 2 is 2.33 bits per heavy atom. The number of esters is 1.